The Balaban J connectivity index is 2.04. The second kappa shape index (κ2) is 3.34. The summed E-state index contributed by atoms with van der Waals surface area (Å²) in [6.45, 7) is 4.03. The van der Waals surface area contributed by atoms with Gasteiger partial charge in [-0.3, -0.25) is 4.79 Å². The van der Waals surface area contributed by atoms with Crippen molar-refractivity contribution < 1.29 is 9.90 Å². The van der Waals surface area contributed by atoms with Crippen molar-refractivity contribution >= 4 is 17.0 Å². The molecule has 18 heavy (non-hydrogen) atoms. The van der Waals surface area contributed by atoms with Crippen LogP contribution in [-0.2, 0) is 11.8 Å². The third-order valence-electron chi connectivity index (χ3n) is 4.20. The maximum atomic E-state index is 11.2. The van der Waals surface area contributed by atoms with E-state index in [0.717, 1.165) is 16.6 Å². The molecule has 3 rings (SSSR count). The summed E-state index contributed by atoms with van der Waals surface area (Å²) >= 11 is 0. The Hall–Kier alpha value is -1.84. The smallest absolute Gasteiger partial charge is 0.307 e. The fourth-order valence-electron chi connectivity index (χ4n) is 3.07. The van der Waals surface area contributed by atoms with Crippen LogP contribution < -0.4 is 0 Å². The van der Waals surface area contributed by atoms with Gasteiger partial charge in [0.25, 0.3) is 0 Å². The molecule has 0 aliphatic heterocycles. The van der Waals surface area contributed by atoms with Gasteiger partial charge >= 0.3 is 5.97 Å². The maximum absolute atomic E-state index is 11.2. The molecule has 0 amide bonds. The Morgan fingerprint density at radius 3 is 2.78 bits per heavy atom. The van der Waals surface area contributed by atoms with Gasteiger partial charge in [-0.15, -0.1) is 0 Å². The third kappa shape index (κ3) is 1.38. The minimum Gasteiger partial charge on any atom is -0.481 e. The number of imidazole rings is 1. The topological polar surface area (TPSA) is 55.1 Å². The zero-order chi connectivity index (χ0) is 13.1. The van der Waals surface area contributed by atoms with Gasteiger partial charge in [0.05, 0.1) is 23.3 Å². The number of hydrogen-bond donors (Lipinski definition) is 1. The molecule has 1 aromatic carbocycles. The number of aryl methyl sites for hydroxylation is 1. The van der Waals surface area contributed by atoms with Crippen molar-refractivity contribution in [3.8, 4) is 0 Å². The van der Waals surface area contributed by atoms with Crippen molar-refractivity contribution in [1.29, 1.82) is 0 Å². The lowest BCUT2D eigenvalue weighted by Crippen LogP contribution is -2.03. The summed E-state index contributed by atoms with van der Waals surface area (Å²) in [4.78, 5) is 15.5. The zero-order valence-corrected chi connectivity index (χ0v) is 10.7. The van der Waals surface area contributed by atoms with Crippen molar-refractivity contribution in [1.82, 2.24) is 9.55 Å². The third-order valence-corrected chi connectivity index (χ3v) is 4.20. The van der Waals surface area contributed by atoms with E-state index in [2.05, 4.69) is 4.98 Å². The second-order valence-electron chi connectivity index (χ2n) is 5.72. The largest absolute Gasteiger partial charge is 0.481 e. The minimum atomic E-state index is -0.703. The lowest BCUT2D eigenvalue weighted by Gasteiger charge is -2.03. The zero-order valence-electron chi connectivity index (χ0n) is 10.7. The molecule has 1 aliphatic rings. The molecule has 2 aromatic rings. The van der Waals surface area contributed by atoms with Gasteiger partial charge in [-0.1, -0.05) is 19.9 Å². The highest BCUT2D eigenvalue weighted by atomic mass is 16.4. The molecular weight excluding hydrogens is 228 g/mol. The van der Waals surface area contributed by atoms with E-state index >= 15 is 0 Å². The SMILES string of the molecule is Cn1cnc2cc([C@H]3[C@H](C(=O)O)C3(C)C)ccc21. The molecule has 1 aromatic heterocycles. The van der Waals surface area contributed by atoms with E-state index in [0.29, 0.717) is 0 Å². The van der Waals surface area contributed by atoms with E-state index in [-0.39, 0.29) is 17.3 Å². The molecule has 0 bridgehead atoms. The number of carboxylic acids is 1. The summed E-state index contributed by atoms with van der Waals surface area (Å²) in [5, 5.41) is 9.22. The van der Waals surface area contributed by atoms with Crippen molar-refractivity contribution in [3.63, 3.8) is 0 Å². The Labute approximate surface area is 105 Å². The highest BCUT2D eigenvalue weighted by molar-refractivity contribution is 5.80. The van der Waals surface area contributed by atoms with Crippen molar-refractivity contribution in [2.24, 2.45) is 18.4 Å². The first-order valence-corrected chi connectivity index (χ1v) is 6.06. The van der Waals surface area contributed by atoms with Crippen LogP contribution in [0.4, 0.5) is 0 Å². The van der Waals surface area contributed by atoms with Crippen LogP contribution in [0.5, 0.6) is 0 Å². The molecule has 4 nitrogen and oxygen atoms in total. The Morgan fingerprint density at radius 2 is 2.17 bits per heavy atom. The van der Waals surface area contributed by atoms with Gasteiger partial charge in [-0.05, 0) is 23.1 Å². The van der Waals surface area contributed by atoms with Gasteiger partial charge in [0.2, 0.25) is 0 Å². The summed E-state index contributed by atoms with van der Waals surface area (Å²) in [7, 11) is 1.95. The van der Waals surface area contributed by atoms with E-state index in [1.165, 1.54) is 0 Å². The fraction of sp³-hybridized carbons (Fsp3) is 0.429. The molecule has 0 radical (unpaired) electrons. The summed E-state index contributed by atoms with van der Waals surface area (Å²) < 4.78 is 1.96. The van der Waals surface area contributed by atoms with Crippen LogP contribution >= 0.6 is 0 Å². The standard InChI is InChI=1S/C14H16N2O2/c1-14(2)11(12(14)13(17)18)8-4-5-10-9(6-8)15-7-16(10)3/h4-7,11-12H,1-3H3,(H,17,18)/t11-,12+/m0/s1. The van der Waals surface area contributed by atoms with Gasteiger partial charge in [-0.2, -0.15) is 0 Å². The summed E-state index contributed by atoms with van der Waals surface area (Å²) in [5.74, 6) is -0.883. The lowest BCUT2D eigenvalue weighted by molar-refractivity contribution is -0.139. The molecule has 0 spiro atoms. The van der Waals surface area contributed by atoms with E-state index in [1.54, 1.807) is 6.33 Å². The maximum Gasteiger partial charge on any atom is 0.307 e. The Bertz CT molecular complexity index is 642. The van der Waals surface area contributed by atoms with Gasteiger partial charge in [0.1, 0.15) is 0 Å². The quantitative estimate of drug-likeness (QED) is 0.882. The van der Waals surface area contributed by atoms with Crippen molar-refractivity contribution in [2.45, 2.75) is 19.8 Å². The fourth-order valence-corrected chi connectivity index (χ4v) is 3.07. The summed E-state index contributed by atoms with van der Waals surface area (Å²) in [5.41, 5.74) is 2.93. The molecule has 1 N–H and O–H groups in total. The number of fused-ring (bicyclic) bond motifs is 1. The number of nitrogens with zero attached hydrogens (tertiary/aromatic N) is 2. The van der Waals surface area contributed by atoms with Gasteiger partial charge in [0.15, 0.2) is 0 Å². The van der Waals surface area contributed by atoms with Crippen LogP contribution in [0.25, 0.3) is 11.0 Å². The Morgan fingerprint density at radius 1 is 1.44 bits per heavy atom. The summed E-state index contributed by atoms with van der Waals surface area (Å²) in [6.07, 6.45) is 1.78. The summed E-state index contributed by atoms with van der Waals surface area (Å²) in [6, 6.07) is 6.06. The molecule has 0 saturated heterocycles. The van der Waals surface area contributed by atoms with E-state index in [9.17, 15) is 9.90 Å². The molecule has 0 unspecified atom stereocenters. The normalized spacial score (nSPS) is 25.3. The molecule has 94 valence electrons. The second-order valence-corrected chi connectivity index (χ2v) is 5.72. The molecule has 2 atom stereocenters. The first-order valence-electron chi connectivity index (χ1n) is 6.06. The van der Waals surface area contributed by atoms with Gasteiger partial charge < -0.3 is 9.67 Å². The highest BCUT2D eigenvalue weighted by Crippen LogP contribution is 2.64. The average molecular weight is 244 g/mol. The number of aromatic nitrogens is 2. The molecule has 1 saturated carbocycles. The van der Waals surface area contributed by atoms with E-state index in [4.69, 9.17) is 0 Å². The number of carboxylic acid groups (broad SMARTS) is 1. The number of benzene rings is 1. The monoisotopic (exact) mass is 244 g/mol. The number of aliphatic carboxylic acids is 1. The van der Waals surface area contributed by atoms with Gasteiger partial charge in [0, 0.05) is 13.0 Å². The van der Waals surface area contributed by atoms with Crippen LogP contribution in [-0.4, -0.2) is 20.6 Å². The molecular formula is C14H16N2O2. The number of hydrogen-bond acceptors (Lipinski definition) is 2. The number of rotatable bonds is 2. The lowest BCUT2D eigenvalue weighted by atomic mass is 10.0. The molecule has 1 heterocycles. The van der Waals surface area contributed by atoms with Crippen LogP contribution in [0.15, 0.2) is 24.5 Å². The Kier molecular flexibility index (Phi) is 2.09. The van der Waals surface area contributed by atoms with E-state index < -0.39 is 5.97 Å². The van der Waals surface area contributed by atoms with Crippen LogP contribution in [0, 0.1) is 11.3 Å². The first-order chi connectivity index (χ1) is 8.43. The highest BCUT2D eigenvalue weighted by Gasteiger charge is 2.62. The average Bonchev–Trinajstić information content (AvgIpc) is 2.70. The molecule has 1 aliphatic carbocycles. The van der Waals surface area contributed by atoms with Crippen LogP contribution in [0.3, 0.4) is 0 Å². The number of carbonyl (C=O) groups is 1. The van der Waals surface area contributed by atoms with E-state index in [1.807, 2.05) is 43.7 Å². The van der Waals surface area contributed by atoms with Crippen molar-refractivity contribution in [3.05, 3.63) is 30.1 Å². The van der Waals surface area contributed by atoms with Crippen molar-refractivity contribution in [2.75, 3.05) is 0 Å². The van der Waals surface area contributed by atoms with Gasteiger partial charge in [-0.25, -0.2) is 4.98 Å². The van der Waals surface area contributed by atoms with Crippen LogP contribution in [0.2, 0.25) is 0 Å². The first kappa shape index (κ1) is 11.3. The molecule has 1 fully saturated rings. The minimum absolute atomic E-state index is 0.0985. The van der Waals surface area contributed by atoms with Crippen LogP contribution in [0.1, 0.15) is 25.3 Å². The molecule has 4 heteroatoms. The predicted octanol–water partition coefficient (Wildman–Crippen LogP) is 2.40. The predicted molar refractivity (Wildman–Crippen MR) is 68.4 cm³/mol.